The monoisotopic (exact) mass is 319 g/mol. The van der Waals surface area contributed by atoms with Crippen LogP contribution in [0.1, 0.15) is 17.2 Å². The van der Waals surface area contributed by atoms with E-state index in [-0.39, 0.29) is 0 Å². The predicted octanol–water partition coefficient (Wildman–Crippen LogP) is 4.56. The Morgan fingerprint density at radius 1 is 1.00 bits per heavy atom. The van der Waals surface area contributed by atoms with Crippen LogP contribution in [-0.2, 0) is 4.74 Å². The van der Waals surface area contributed by atoms with Gasteiger partial charge in [-0.1, -0.05) is 42.1 Å². The molecular weight excluding hydrogens is 304 g/mol. The second-order valence-corrected chi connectivity index (χ2v) is 5.86. The van der Waals surface area contributed by atoms with Crippen molar-refractivity contribution in [3.63, 3.8) is 0 Å². The topological polar surface area (TPSA) is 21.6 Å². The number of halogens is 2. The summed E-state index contributed by atoms with van der Waals surface area (Å²) < 4.78 is 31.5. The van der Waals surface area contributed by atoms with E-state index in [2.05, 4.69) is 4.99 Å². The number of rotatable bonds is 5. The highest BCUT2D eigenvalue weighted by Crippen LogP contribution is 2.32. The van der Waals surface area contributed by atoms with E-state index in [1.54, 1.807) is 0 Å². The van der Waals surface area contributed by atoms with E-state index in [0.29, 0.717) is 5.90 Å². The smallest absolute Gasteiger partial charge is 0.217 e. The minimum absolute atomic E-state index is 0.440. The molecule has 0 fully saturated rings. The Morgan fingerprint density at radius 2 is 1.73 bits per heavy atom. The number of benzene rings is 2. The van der Waals surface area contributed by atoms with Gasteiger partial charge >= 0.3 is 0 Å². The van der Waals surface area contributed by atoms with E-state index in [4.69, 9.17) is 4.74 Å². The van der Waals surface area contributed by atoms with Crippen LogP contribution >= 0.6 is 11.8 Å². The Kier molecular flexibility index (Phi) is 4.73. The molecule has 3 rings (SSSR count). The first kappa shape index (κ1) is 15.0. The fourth-order valence-corrected chi connectivity index (χ4v) is 2.85. The van der Waals surface area contributed by atoms with Gasteiger partial charge in [0.1, 0.15) is 18.7 Å². The highest BCUT2D eigenvalue weighted by Gasteiger charge is 2.32. The molecule has 22 heavy (non-hydrogen) atoms. The number of nitrogens with zero attached hydrogens (tertiary/aromatic N) is 1. The lowest BCUT2D eigenvalue weighted by molar-refractivity contribution is 0.180. The Bertz CT molecular complexity index is 645. The highest BCUT2D eigenvalue weighted by atomic mass is 32.2. The van der Waals surface area contributed by atoms with E-state index in [1.165, 1.54) is 0 Å². The van der Waals surface area contributed by atoms with Crippen LogP contribution in [0.15, 0.2) is 64.5 Å². The van der Waals surface area contributed by atoms with E-state index in [1.807, 2.05) is 54.6 Å². The lowest BCUT2D eigenvalue weighted by Crippen LogP contribution is -2.16. The molecule has 1 aliphatic rings. The predicted molar refractivity (Wildman–Crippen MR) is 84.8 cm³/mol. The van der Waals surface area contributed by atoms with Gasteiger partial charge in [-0.3, -0.25) is 0 Å². The Labute approximate surface area is 132 Å². The molecule has 2 aromatic carbocycles. The standard InChI is InChI=1S/C17H15F2NOS/c18-10-15-16(12-6-8-14(9-7-12)22-11-19)21-17(20-15)13-4-2-1-3-5-13/h1-9,15-16H,10-11H2/t15-,16-/m1/s1. The number of hydrogen-bond donors (Lipinski definition) is 0. The molecule has 0 aromatic heterocycles. The van der Waals surface area contributed by atoms with Crippen LogP contribution in [0.3, 0.4) is 0 Å². The van der Waals surface area contributed by atoms with Gasteiger partial charge in [-0.05, 0) is 29.8 Å². The van der Waals surface area contributed by atoms with E-state index in [9.17, 15) is 8.78 Å². The van der Waals surface area contributed by atoms with Crippen LogP contribution < -0.4 is 0 Å². The molecule has 0 saturated carbocycles. The number of hydrogen-bond acceptors (Lipinski definition) is 3. The molecule has 0 spiro atoms. The summed E-state index contributed by atoms with van der Waals surface area (Å²) in [5.41, 5.74) is 1.69. The van der Waals surface area contributed by atoms with Gasteiger partial charge in [0.05, 0.1) is 0 Å². The van der Waals surface area contributed by atoms with Gasteiger partial charge in [-0.25, -0.2) is 13.8 Å². The molecule has 1 aliphatic heterocycles. The van der Waals surface area contributed by atoms with E-state index >= 15 is 0 Å². The number of alkyl halides is 2. The summed E-state index contributed by atoms with van der Waals surface area (Å²) in [6.45, 7) is -0.581. The van der Waals surface area contributed by atoms with Crippen LogP contribution in [0, 0.1) is 0 Å². The summed E-state index contributed by atoms with van der Waals surface area (Å²) in [6.07, 6.45) is -0.440. The van der Waals surface area contributed by atoms with Crippen LogP contribution in [0.25, 0.3) is 0 Å². The van der Waals surface area contributed by atoms with Gasteiger partial charge < -0.3 is 4.74 Å². The number of ether oxygens (including phenoxy) is 1. The Morgan fingerprint density at radius 3 is 2.36 bits per heavy atom. The van der Waals surface area contributed by atoms with Gasteiger partial charge in [0.2, 0.25) is 5.90 Å². The first-order valence-corrected chi connectivity index (χ1v) is 7.95. The molecule has 5 heteroatoms. The van der Waals surface area contributed by atoms with Gasteiger partial charge in [-0.15, -0.1) is 0 Å². The first-order valence-electron chi connectivity index (χ1n) is 6.96. The quantitative estimate of drug-likeness (QED) is 0.753. The summed E-state index contributed by atoms with van der Waals surface area (Å²) in [4.78, 5) is 5.19. The summed E-state index contributed by atoms with van der Waals surface area (Å²) in [7, 11) is 0. The normalized spacial score (nSPS) is 20.5. The van der Waals surface area contributed by atoms with Crippen molar-refractivity contribution in [1.82, 2.24) is 0 Å². The summed E-state index contributed by atoms with van der Waals surface area (Å²) in [6, 6.07) is 15.8. The summed E-state index contributed by atoms with van der Waals surface area (Å²) in [5, 5.41) is 0. The number of aliphatic imine (C=N–C) groups is 1. The molecule has 0 saturated heterocycles. The molecule has 0 aliphatic carbocycles. The van der Waals surface area contributed by atoms with Crippen LogP contribution in [-0.4, -0.2) is 24.6 Å². The summed E-state index contributed by atoms with van der Waals surface area (Å²) >= 11 is 1.12. The number of thioether (sulfide) groups is 1. The third kappa shape index (κ3) is 3.14. The van der Waals surface area contributed by atoms with Crippen LogP contribution in [0.5, 0.6) is 0 Å². The van der Waals surface area contributed by atoms with E-state index in [0.717, 1.165) is 27.8 Å². The lowest BCUT2D eigenvalue weighted by atomic mass is 10.0. The van der Waals surface area contributed by atoms with Gasteiger partial charge in [0, 0.05) is 10.5 Å². The van der Waals surface area contributed by atoms with Crippen molar-refractivity contribution < 1.29 is 13.5 Å². The molecule has 2 nitrogen and oxygen atoms in total. The Hall–Kier alpha value is -1.88. The molecule has 2 aromatic rings. The highest BCUT2D eigenvalue weighted by molar-refractivity contribution is 7.99. The van der Waals surface area contributed by atoms with E-state index < -0.39 is 24.8 Å². The second kappa shape index (κ2) is 6.92. The maximum Gasteiger partial charge on any atom is 0.217 e. The van der Waals surface area contributed by atoms with Crippen LogP contribution in [0.2, 0.25) is 0 Å². The maximum absolute atomic E-state index is 13.3. The molecule has 0 bridgehead atoms. The third-order valence-corrected chi connectivity index (χ3v) is 4.19. The largest absolute Gasteiger partial charge is 0.467 e. The molecular formula is C17H15F2NOS. The van der Waals surface area contributed by atoms with Crippen molar-refractivity contribution in [2.24, 2.45) is 4.99 Å². The molecule has 0 amide bonds. The molecule has 1 heterocycles. The van der Waals surface area contributed by atoms with Gasteiger partial charge in [0.25, 0.3) is 0 Å². The molecule has 114 valence electrons. The van der Waals surface area contributed by atoms with Gasteiger partial charge in [-0.2, -0.15) is 0 Å². The minimum atomic E-state index is -0.581. The van der Waals surface area contributed by atoms with Gasteiger partial charge in [0.15, 0.2) is 6.10 Å². The van der Waals surface area contributed by atoms with Crippen molar-refractivity contribution in [3.8, 4) is 0 Å². The zero-order valence-corrected chi connectivity index (χ0v) is 12.6. The lowest BCUT2D eigenvalue weighted by Gasteiger charge is -2.16. The Balaban J connectivity index is 1.80. The van der Waals surface area contributed by atoms with Crippen molar-refractivity contribution in [2.45, 2.75) is 17.0 Å². The first-order chi connectivity index (χ1) is 10.8. The third-order valence-electron chi connectivity index (χ3n) is 3.48. The SMILES string of the molecule is FCSc1ccc([C@H]2OC(c3ccccc3)=N[C@@H]2CF)cc1. The second-order valence-electron chi connectivity index (χ2n) is 4.88. The zero-order valence-electron chi connectivity index (χ0n) is 11.8. The van der Waals surface area contributed by atoms with Crippen molar-refractivity contribution in [2.75, 3.05) is 12.7 Å². The fourth-order valence-electron chi connectivity index (χ4n) is 2.39. The molecule has 0 N–H and O–H groups in total. The molecule has 2 atom stereocenters. The average Bonchev–Trinajstić information content (AvgIpc) is 3.01. The molecule has 0 unspecified atom stereocenters. The minimum Gasteiger partial charge on any atom is -0.467 e. The van der Waals surface area contributed by atoms with Crippen molar-refractivity contribution in [1.29, 1.82) is 0 Å². The zero-order chi connectivity index (χ0) is 15.4. The molecule has 0 radical (unpaired) electrons. The van der Waals surface area contributed by atoms with Crippen molar-refractivity contribution in [3.05, 3.63) is 65.7 Å². The summed E-state index contributed by atoms with van der Waals surface area (Å²) in [5.74, 6) is 0.468. The maximum atomic E-state index is 13.3. The van der Waals surface area contributed by atoms with Crippen molar-refractivity contribution >= 4 is 17.7 Å². The van der Waals surface area contributed by atoms with Crippen LogP contribution in [0.4, 0.5) is 8.78 Å². The average molecular weight is 319 g/mol. The fraction of sp³-hybridized carbons (Fsp3) is 0.235.